The van der Waals surface area contributed by atoms with Gasteiger partial charge in [0.25, 0.3) is 0 Å². The van der Waals surface area contributed by atoms with Gasteiger partial charge in [-0.2, -0.15) is 0 Å². The van der Waals surface area contributed by atoms with Crippen molar-refractivity contribution in [2.24, 2.45) is 0 Å². The summed E-state index contributed by atoms with van der Waals surface area (Å²) in [6.07, 6.45) is 1.59. The number of hydrogen-bond donors (Lipinski definition) is 1. The molecule has 3 rings (SSSR count). The lowest BCUT2D eigenvalue weighted by atomic mass is 10.1. The van der Waals surface area contributed by atoms with Gasteiger partial charge < -0.3 is 14.6 Å². The Morgan fingerprint density at radius 1 is 1.19 bits per heavy atom. The van der Waals surface area contributed by atoms with Gasteiger partial charge in [-0.25, -0.2) is 13.8 Å². The molecule has 1 aromatic heterocycles. The minimum Gasteiger partial charge on any atom is -0.488 e. The van der Waals surface area contributed by atoms with Gasteiger partial charge in [0, 0.05) is 37.8 Å². The molecule has 1 aromatic carbocycles. The number of rotatable bonds is 10. The zero-order chi connectivity index (χ0) is 19.2. The standard InChI is InChI=1S/C19H20F2N2O4/c20-15-11-13(12-16(21)18(15)26-9-2-4-17(24)25)14-3-1-5-22-19(14)27-10-8-23-6-7-23/h1,3,5,11-12H,2,4,6-10H2,(H,24,25). The van der Waals surface area contributed by atoms with Crippen LogP contribution in [-0.4, -0.2) is 53.8 Å². The number of nitrogens with zero attached hydrogens (tertiary/aromatic N) is 2. The van der Waals surface area contributed by atoms with E-state index in [4.69, 9.17) is 14.6 Å². The quantitative estimate of drug-likeness (QED) is 0.506. The molecule has 1 saturated heterocycles. The fourth-order valence-corrected chi connectivity index (χ4v) is 2.54. The van der Waals surface area contributed by atoms with Crippen molar-refractivity contribution in [3.05, 3.63) is 42.1 Å². The van der Waals surface area contributed by atoms with Crippen LogP contribution in [0.5, 0.6) is 11.6 Å². The SMILES string of the molecule is O=C(O)CCCOc1c(F)cc(-c2cccnc2OCCN2CC2)cc1F. The van der Waals surface area contributed by atoms with Gasteiger partial charge in [-0.15, -0.1) is 0 Å². The predicted octanol–water partition coefficient (Wildman–Crippen LogP) is 2.96. The molecule has 1 N–H and O–H groups in total. The molecular formula is C19H20F2N2O4. The summed E-state index contributed by atoms with van der Waals surface area (Å²) in [7, 11) is 0. The highest BCUT2D eigenvalue weighted by atomic mass is 19.1. The molecule has 0 aliphatic carbocycles. The summed E-state index contributed by atoms with van der Waals surface area (Å²) in [5, 5.41) is 8.58. The number of hydrogen-bond acceptors (Lipinski definition) is 5. The van der Waals surface area contributed by atoms with Crippen LogP contribution in [0.3, 0.4) is 0 Å². The minimum absolute atomic E-state index is 0.0861. The third kappa shape index (κ3) is 5.37. The highest BCUT2D eigenvalue weighted by molar-refractivity contribution is 5.69. The number of carboxylic acids is 1. The van der Waals surface area contributed by atoms with Gasteiger partial charge in [0.15, 0.2) is 17.4 Å². The Morgan fingerprint density at radius 2 is 1.93 bits per heavy atom. The zero-order valence-electron chi connectivity index (χ0n) is 14.7. The molecule has 0 spiro atoms. The van der Waals surface area contributed by atoms with Crippen molar-refractivity contribution >= 4 is 5.97 Å². The van der Waals surface area contributed by atoms with E-state index in [2.05, 4.69) is 9.88 Å². The van der Waals surface area contributed by atoms with Gasteiger partial charge in [-0.1, -0.05) is 0 Å². The molecule has 1 fully saturated rings. The van der Waals surface area contributed by atoms with Crippen molar-refractivity contribution in [2.75, 3.05) is 32.8 Å². The van der Waals surface area contributed by atoms with Crippen LogP contribution in [0.2, 0.25) is 0 Å². The second-order valence-corrected chi connectivity index (χ2v) is 6.16. The molecule has 1 aliphatic heterocycles. The Hall–Kier alpha value is -2.74. The van der Waals surface area contributed by atoms with Crippen LogP contribution in [-0.2, 0) is 4.79 Å². The van der Waals surface area contributed by atoms with Gasteiger partial charge in [-0.05, 0) is 36.2 Å². The molecule has 0 amide bonds. The second kappa shape index (κ2) is 8.77. The molecule has 2 heterocycles. The number of aromatic nitrogens is 1. The van der Waals surface area contributed by atoms with Crippen molar-refractivity contribution < 1.29 is 28.2 Å². The number of carbonyl (C=O) groups is 1. The number of halogens is 2. The average molecular weight is 378 g/mol. The van der Waals surface area contributed by atoms with E-state index in [-0.39, 0.29) is 25.0 Å². The molecule has 144 valence electrons. The maximum atomic E-state index is 14.3. The van der Waals surface area contributed by atoms with E-state index in [0.29, 0.717) is 18.1 Å². The Kier molecular flexibility index (Phi) is 6.18. The molecule has 0 unspecified atom stereocenters. The van der Waals surface area contributed by atoms with E-state index in [1.165, 1.54) is 0 Å². The Balaban J connectivity index is 1.72. The van der Waals surface area contributed by atoms with E-state index in [9.17, 15) is 13.6 Å². The largest absolute Gasteiger partial charge is 0.488 e. The van der Waals surface area contributed by atoms with Crippen molar-refractivity contribution in [2.45, 2.75) is 12.8 Å². The van der Waals surface area contributed by atoms with E-state index in [1.54, 1.807) is 18.3 Å². The Morgan fingerprint density at radius 3 is 2.59 bits per heavy atom. The van der Waals surface area contributed by atoms with E-state index in [1.807, 2.05) is 0 Å². The van der Waals surface area contributed by atoms with Crippen LogP contribution in [0, 0.1) is 11.6 Å². The molecule has 1 aliphatic rings. The topological polar surface area (TPSA) is 71.7 Å². The summed E-state index contributed by atoms with van der Waals surface area (Å²) >= 11 is 0. The lowest BCUT2D eigenvalue weighted by Crippen LogP contribution is -2.11. The number of ether oxygens (including phenoxy) is 2. The maximum absolute atomic E-state index is 14.3. The van der Waals surface area contributed by atoms with Crippen molar-refractivity contribution in [1.82, 2.24) is 9.88 Å². The highest BCUT2D eigenvalue weighted by Crippen LogP contribution is 2.33. The number of benzene rings is 1. The molecule has 0 radical (unpaired) electrons. The van der Waals surface area contributed by atoms with Gasteiger partial charge in [-0.3, -0.25) is 9.69 Å². The average Bonchev–Trinajstić information content (AvgIpc) is 3.45. The highest BCUT2D eigenvalue weighted by Gasteiger charge is 2.18. The first-order valence-corrected chi connectivity index (χ1v) is 8.69. The van der Waals surface area contributed by atoms with E-state index < -0.39 is 23.4 Å². The first-order valence-electron chi connectivity index (χ1n) is 8.69. The van der Waals surface area contributed by atoms with E-state index >= 15 is 0 Å². The summed E-state index contributed by atoms with van der Waals surface area (Å²) in [5.41, 5.74) is 0.774. The number of carboxylic acid groups (broad SMARTS) is 1. The van der Waals surface area contributed by atoms with Gasteiger partial charge >= 0.3 is 5.97 Å². The van der Waals surface area contributed by atoms with Crippen molar-refractivity contribution in [3.8, 4) is 22.8 Å². The maximum Gasteiger partial charge on any atom is 0.303 e. The normalized spacial score (nSPS) is 13.4. The lowest BCUT2D eigenvalue weighted by molar-refractivity contribution is -0.137. The van der Waals surface area contributed by atoms with Crippen LogP contribution < -0.4 is 9.47 Å². The van der Waals surface area contributed by atoms with Crippen molar-refractivity contribution in [1.29, 1.82) is 0 Å². The predicted molar refractivity (Wildman–Crippen MR) is 93.9 cm³/mol. The van der Waals surface area contributed by atoms with Crippen LogP contribution >= 0.6 is 0 Å². The first-order chi connectivity index (χ1) is 13.0. The molecule has 0 saturated carbocycles. The Bertz CT molecular complexity index is 789. The molecule has 27 heavy (non-hydrogen) atoms. The zero-order valence-corrected chi connectivity index (χ0v) is 14.7. The van der Waals surface area contributed by atoms with Crippen LogP contribution in [0.15, 0.2) is 30.5 Å². The third-order valence-electron chi connectivity index (χ3n) is 4.05. The Labute approximate surface area is 155 Å². The van der Waals surface area contributed by atoms with Gasteiger partial charge in [0.2, 0.25) is 5.88 Å². The summed E-state index contributed by atoms with van der Waals surface area (Å²) in [6, 6.07) is 5.66. The second-order valence-electron chi connectivity index (χ2n) is 6.16. The summed E-state index contributed by atoms with van der Waals surface area (Å²) in [4.78, 5) is 16.8. The summed E-state index contributed by atoms with van der Waals surface area (Å²) < 4.78 is 39.4. The smallest absolute Gasteiger partial charge is 0.303 e. The van der Waals surface area contributed by atoms with Gasteiger partial charge in [0.1, 0.15) is 6.61 Å². The third-order valence-corrected chi connectivity index (χ3v) is 4.05. The number of pyridine rings is 1. The van der Waals surface area contributed by atoms with Crippen molar-refractivity contribution in [3.63, 3.8) is 0 Å². The lowest BCUT2D eigenvalue weighted by Gasteiger charge is -2.13. The molecule has 0 atom stereocenters. The monoisotopic (exact) mass is 378 g/mol. The first kappa shape index (κ1) is 19.0. The van der Waals surface area contributed by atoms with Crippen LogP contribution in [0.4, 0.5) is 8.78 Å². The molecular weight excluding hydrogens is 358 g/mol. The minimum atomic E-state index is -0.988. The summed E-state index contributed by atoms with van der Waals surface area (Å²) in [6.45, 7) is 3.25. The number of aliphatic carboxylic acids is 1. The molecule has 2 aromatic rings. The molecule has 8 heteroatoms. The molecule has 6 nitrogen and oxygen atoms in total. The van der Waals surface area contributed by atoms with E-state index in [0.717, 1.165) is 31.8 Å². The van der Waals surface area contributed by atoms with Crippen LogP contribution in [0.25, 0.3) is 11.1 Å². The fourth-order valence-electron chi connectivity index (χ4n) is 2.54. The fraction of sp³-hybridized carbons (Fsp3) is 0.368. The summed E-state index contributed by atoms with van der Waals surface area (Å²) in [5.74, 6) is -2.92. The van der Waals surface area contributed by atoms with Gasteiger partial charge in [0.05, 0.1) is 6.61 Å². The van der Waals surface area contributed by atoms with Crippen LogP contribution in [0.1, 0.15) is 12.8 Å². The molecule has 0 bridgehead atoms.